The molecule has 6 nitrogen and oxygen atoms in total. The molecule has 114 valence electrons. The molecule has 1 aromatic heterocycles. The molecular weight excluding hydrogens is 296 g/mol. The van der Waals surface area contributed by atoms with Gasteiger partial charge in [0.2, 0.25) is 0 Å². The van der Waals surface area contributed by atoms with Crippen molar-refractivity contribution < 1.29 is 8.42 Å². The van der Waals surface area contributed by atoms with Crippen molar-refractivity contribution in [1.29, 1.82) is 0 Å². The van der Waals surface area contributed by atoms with Crippen molar-refractivity contribution in [3.05, 3.63) is 11.3 Å². The summed E-state index contributed by atoms with van der Waals surface area (Å²) in [6.07, 6.45) is 1.90. The van der Waals surface area contributed by atoms with E-state index in [4.69, 9.17) is 0 Å². The van der Waals surface area contributed by atoms with Gasteiger partial charge in [-0.3, -0.25) is 5.10 Å². The zero-order chi connectivity index (χ0) is 14.6. The minimum Gasteiger partial charge on any atom is -0.313 e. The van der Waals surface area contributed by atoms with Crippen LogP contribution in [0, 0.1) is 6.92 Å². The van der Waals surface area contributed by atoms with Crippen LogP contribution in [0.25, 0.3) is 0 Å². The molecule has 1 aliphatic heterocycles. The molecule has 20 heavy (non-hydrogen) atoms. The van der Waals surface area contributed by atoms with E-state index in [1.807, 2.05) is 6.92 Å². The molecule has 1 unspecified atom stereocenters. The van der Waals surface area contributed by atoms with Gasteiger partial charge >= 0.3 is 0 Å². The van der Waals surface area contributed by atoms with Crippen LogP contribution in [0.4, 0.5) is 0 Å². The van der Waals surface area contributed by atoms with Crippen LogP contribution in [0.15, 0.2) is 5.03 Å². The highest BCUT2D eigenvalue weighted by molar-refractivity contribution is 7.99. The molecule has 1 aliphatic rings. The normalized spacial score (nSPS) is 19.6. The minimum absolute atomic E-state index is 0.0263. The second-order valence-corrected chi connectivity index (χ2v) is 7.77. The van der Waals surface area contributed by atoms with E-state index in [0.717, 1.165) is 42.1 Å². The molecule has 0 aliphatic carbocycles. The maximum Gasteiger partial charge on any atom is 0.260 e. The van der Waals surface area contributed by atoms with E-state index < -0.39 is 10.0 Å². The molecule has 0 spiro atoms. The topological polar surface area (TPSA) is 86.9 Å². The highest BCUT2D eigenvalue weighted by Crippen LogP contribution is 2.21. The first-order valence-corrected chi connectivity index (χ1v) is 9.53. The monoisotopic (exact) mass is 318 g/mol. The quantitative estimate of drug-likeness (QED) is 0.653. The lowest BCUT2D eigenvalue weighted by Gasteiger charge is -2.12. The molecule has 3 N–H and O–H groups in total. The molecular formula is C12H22N4O2S2. The molecule has 0 saturated carbocycles. The fourth-order valence-electron chi connectivity index (χ4n) is 2.15. The molecule has 2 rings (SSSR count). The van der Waals surface area contributed by atoms with Crippen LogP contribution in [0.5, 0.6) is 0 Å². The van der Waals surface area contributed by atoms with Gasteiger partial charge < -0.3 is 5.32 Å². The first-order chi connectivity index (χ1) is 9.54. The van der Waals surface area contributed by atoms with Gasteiger partial charge in [-0.2, -0.15) is 16.9 Å². The Bertz CT molecular complexity index is 536. The fourth-order valence-corrected chi connectivity index (χ4v) is 4.88. The summed E-state index contributed by atoms with van der Waals surface area (Å²) in [4.78, 5) is 0. The predicted molar refractivity (Wildman–Crippen MR) is 81.4 cm³/mol. The van der Waals surface area contributed by atoms with Crippen molar-refractivity contribution >= 4 is 21.8 Å². The Morgan fingerprint density at radius 3 is 2.95 bits per heavy atom. The van der Waals surface area contributed by atoms with Gasteiger partial charge in [-0.15, -0.1) is 0 Å². The number of hydrogen-bond donors (Lipinski definition) is 3. The summed E-state index contributed by atoms with van der Waals surface area (Å²) in [6.45, 7) is 5.30. The number of aromatic amines is 1. The summed E-state index contributed by atoms with van der Waals surface area (Å²) in [5.41, 5.74) is 1.53. The number of nitrogens with one attached hydrogen (secondary N) is 3. The highest BCUT2D eigenvalue weighted by atomic mass is 32.2. The molecule has 1 saturated heterocycles. The first kappa shape index (κ1) is 15.8. The lowest BCUT2D eigenvalue weighted by atomic mass is 10.2. The number of hydrogen-bond acceptors (Lipinski definition) is 5. The third kappa shape index (κ3) is 3.75. The zero-order valence-corrected chi connectivity index (χ0v) is 13.5. The van der Waals surface area contributed by atoms with Crippen LogP contribution in [0.2, 0.25) is 0 Å². The summed E-state index contributed by atoms with van der Waals surface area (Å²) < 4.78 is 27.6. The van der Waals surface area contributed by atoms with Crippen LogP contribution >= 0.6 is 11.8 Å². The minimum atomic E-state index is -3.54. The molecule has 0 radical (unpaired) electrons. The van der Waals surface area contributed by atoms with E-state index in [1.165, 1.54) is 0 Å². The van der Waals surface area contributed by atoms with E-state index in [1.54, 1.807) is 11.8 Å². The van der Waals surface area contributed by atoms with E-state index in [-0.39, 0.29) is 11.1 Å². The van der Waals surface area contributed by atoms with Crippen molar-refractivity contribution in [3.63, 3.8) is 0 Å². The Labute approximate surface area is 124 Å². The number of rotatable bonds is 7. The molecule has 1 aromatic rings. The lowest BCUT2D eigenvalue weighted by Crippen LogP contribution is -2.35. The van der Waals surface area contributed by atoms with Crippen molar-refractivity contribution in [2.24, 2.45) is 0 Å². The van der Waals surface area contributed by atoms with Crippen LogP contribution in [-0.2, 0) is 16.6 Å². The second kappa shape index (κ2) is 6.93. The Morgan fingerprint density at radius 2 is 2.30 bits per heavy atom. The first-order valence-electron chi connectivity index (χ1n) is 6.89. The molecule has 0 bridgehead atoms. The van der Waals surface area contributed by atoms with E-state index in [0.29, 0.717) is 6.54 Å². The Morgan fingerprint density at radius 1 is 1.50 bits per heavy atom. The summed E-state index contributed by atoms with van der Waals surface area (Å²) in [7, 11) is -3.54. The smallest absolute Gasteiger partial charge is 0.260 e. The van der Waals surface area contributed by atoms with Gasteiger partial charge in [0.15, 0.2) is 5.03 Å². The van der Waals surface area contributed by atoms with Gasteiger partial charge in [-0.1, -0.05) is 6.92 Å². The van der Waals surface area contributed by atoms with Crippen LogP contribution in [0.1, 0.15) is 31.0 Å². The molecule has 1 atom stereocenters. The van der Waals surface area contributed by atoms with Gasteiger partial charge in [0.1, 0.15) is 0 Å². The fraction of sp³-hybridized carbons (Fsp3) is 0.750. The van der Waals surface area contributed by atoms with Crippen molar-refractivity contribution in [3.8, 4) is 0 Å². The van der Waals surface area contributed by atoms with Gasteiger partial charge in [0.25, 0.3) is 10.0 Å². The number of nitrogens with zero attached hydrogens (tertiary/aromatic N) is 1. The van der Waals surface area contributed by atoms with Crippen molar-refractivity contribution in [2.75, 3.05) is 18.1 Å². The highest BCUT2D eigenvalue weighted by Gasteiger charge is 2.28. The number of sulfonamides is 1. The Kier molecular flexibility index (Phi) is 5.48. The largest absolute Gasteiger partial charge is 0.313 e. The van der Waals surface area contributed by atoms with Crippen LogP contribution < -0.4 is 10.0 Å². The number of H-pyrrole nitrogens is 1. The number of thioether (sulfide) groups is 1. The molecule has 2 heterocycles. The Balaban J connectivity index is 2.13. The molecule has 0 amide bonds. The van der Waals surface area contributed by atoms with E-state index in [9.17, 15) is 8.42 Å². The second-order valence-electron chi connectivity index (χ2n) is 4.99. The van der Waals surface area contributed by atoms with Crippen LogP contribution in [-0.4, -0.2) is 42.7 Å². The maximum atomic E-state index is 12.4. The molecule has 0 aromatic carbocycles. The van der Waals surface area contributed by atoms with Crippen molar-refractivity contribution in [2.45, 2.75) is 44.3 Å². The predicted octanol–water partition coefficient (Wildman–Crippen LogP) is 1.00. The third-order valence-electron chi connectivity index (χ3n) is 3.27. The summed E-state index contributed by atoms with van der Waals surface area (Å²) in [5, 5.41) is 10.1. The lowest BCUT2D eigenvalue weighted by molar-refractivity contribution is 0.556. The van der Waals surface area contributed by atoms with Gasteiger partial charge in [-0.05, 0) is 32.1 Å². The van der Waals surface area contributed by atoms with Gasteiger partial charge in [0, 0.05) is 29.6 Å². The van der Waals surface area contributed by atoms with Gasteiger partial charge in [0.05, 0.1) is 0 Å². The van der Waals surface area contributed by atoms with E-state index >= 15 is 0 Å². The molecule has 1 fully saturated rings. The zero-order valence-electron chi connectivity index (χ0n) is 11.9. The van der Waals surface area contributed by atoms with E-state index in [2.05, 4.69) is 27.2 Å². The number of aryl methyl sites for hydroxylation is 1. The number of aromatic nitrogens is 2. The van der Waals surface area contributed by atoms with Gasteiger partial charge in [-0.25, -0.2) is 13.1 Å². The van der Waals surface area contributed by atoms with Crippen LogP contribution in [0.3, 0.4) is 0 Å². The third-order valence-corrected chi connectivity index (χ3v) is 5.92. The SMILES string of the molecule is CCCNCc1c(S(=O)(=O)NC2CCSC2)n[nH]c1C. The standard InChI is InChI=1S/C12H22N4O2S2/c1-3-5-13-7-11-9(2)14-15-12(11)20(17,18)16-10-4-6-19-8-10/h10,13,16H,3-8H2,1-2H3,(H,14,15). The summed E-state index contributed by atoms with van der Waals surface area (Å²) >= 11 is 1.78. The molecule has 8 heteroatoms. The summed E-state index contributed by atoms with van der Waals surface area (Å²) in [5.74, 6) is 1.85. The van der Waals surface area contributed by atoms with Crippen molar-refractivity contribution in [1.82, 2.24) is 20.2 Å². The Hall–Kier alpha value is -0.570. The average Bonchev–Trinajstić information content (AvgIpc) is 3.00. The summed E-state index contributed by atoms with van der Waals surface area (Å²) in [6, 6.07) is 0.0263. The maximum absolute atomic E-state index is 12.4. The average molecular weight is 318 g/mol.